The summed E-state index contributed by atoms with van der Waals surface area (Å²) >= 11 is 0. The van der Waals surface area contributed by atoms with E-state index in [0.717, 1.165) is 0 Å². The van der Waals surface area contributed by atoms with Gasteiger partial charge >= 0.3 is 0 Å². The summed E-state index contributed by atoms with van der Waals surface area (Å²) in [6, 6.07) is 0. The summed E-state index contributed by atoms with van der Waals surface area (Å²) in [7, 11) is 0. The van der Waals surface area contributed by atoms with E-state index in [9.17, 15) is 0 Å². The Bertz CT molecular complexity index is 44.1. The molecule has 0 aliphatic carbocycles. The molecule has 0 spiro atoms. The van der Waals surface area contributed by atoms with Crippen LogP contribution in [0.1, 0.15) is 0 Å². The van der Waals surface area contributed by atoms with Crippen LogP contribution in [-0.4, -0.2) is 5.03 Å². The molecule has 0 heterocycles. The van der Waals surface area contributed by atoms with Gasteiger partial charge in [0.1, 0.15) is 0 Å². The maximum atomic E-state index is 8.94. The summed E-state index contributed by atoms with van der Waals surface area (Å²) < 4.78 is 0. The summed E-state index contributed by atoms with van der Waals surface area (Å²) in [6.07, 6.45) is 0. The quantitative estimate of drug-likeness (QED) is 0.202. The first kappa shape index (κ1) is 9.17. The molecule has 5 nitrogen and oxygen atoms in total. The van der Waals surface area contributed by atoms with Gasteiger partial charge < -0.3 is 0 Å². The normalized spacial score (nSPS) is 5.50. The second-order valence-electron chi connectivity index (χ2n) is 0.386. The van der Waals surface area contributed by atoms with Gasteiger partial charge in [0, 0.05) is 16.5 Å². The largest absolute Gasteiger partial charge is 0.234 e. The maximum absolute atomic E-state index is 8.94. The number of nitrogens with two attached hydrogens (primary N) is 1. The standard InChI is InChI=1S/H3N3O2.Ni/c1-2-3(4)5;/h2H,1H2;. The third-order valence-electron chi connectivity index (χ3n) is 0.105. The number of hydrazine groups is 2. The van der Waals surface area contributed by atoms with Crippen molar-refractivity contribution in [3.8, 4) is 0 Å². The third kappa shape index (κ3) is 9.41. The Morgan fingerprint density at radius 3 is 2.00 bits per heavy atom. The van der Waals surface area contributed by atoms with Gasteiger partial charge in [-0.25, -0.2) is 10.1 Å². The van der Waals surface area contributed by atoms with Crippen molar-refractivity contribution in [2.75, 3.05) is 0 Å². The number of nitro groups is 1. The Morgan fingerprint density at radius 2 is 2.00 bits per heavy atom. The Labute approximate surface area is 43.9 Å². The zero-order valence-corrected chi connectivity index (χ0v) is 3.64. The predicted molar refractivity (Wildman–Crippen MR) is 14.3 cm³/mol. The van der Waals surface area contributed by atoms with Crippen LogP contribution in [0.15, 0.2) is 0 Å². The van der Waals surface area contributed by atoms with E-state index in [4.69, 9.17) is 10.1 Å². The predicted octanol–water partition coefficient (Wildman–Crippen LogP) is -1.36. The van der Waals surface area contributed by atoms with Crippen molar-refractivity contribution in [1.29, 1.82) is 0 Å². The van der Waals surface area contributed by atoms with Crippen LogP contribution in [0, 0.1) is 10.1 Å². The minimum Gasteiger partial charge on any atom is -0.234 e. The SMILES string of the molecule is NN[N+](=O)[O-].[Ni]. The first-order valence-corrected chi connectivity index (χ1v) is 0.877. The zero-order valence-electron chi connectivity index (χ0n) is 2.66. The molecule has 6 heavy (non-hydrogen) atoms. The summed E-state index contributed by atoms with van der Waals surface area (Å²) in [5, 5.41) is 8.09. The Kier molecular flexibility index (Phi) is 7.11. The summed E-state index contributed by atoms with van der Waals surface area (Å²) in [5.41, 5.74) is 1.25. The maximum Gasteiger partial charge on any atom is 0.173 e. The van der Waals surface area contributed by atoms with Gasteiger partial charge in [-0.3, -0.25) is 0 Å². The van der Waals surface area contributed by atoms with Gasteiger partial charge in [0.15, 0.2) is 5.03 Å². The molecule has 0 aliphatic heterocycles. The van der Waals surface area contributed by atoms with E-state index in [1.54, 1.807) is 0 Å². The van der Waals surface area contributed by atoms with Crippen LogP contribution >= 0.6 is 0 Å². The van der Waals surface area contributed by atoms with Crippen LogP contribution in [0.2, 0.25) is 0 Å². The van der Waals surface area contributed by atoms with Crippen LogP contribution in [0.4, 0.5) is 0 Å². The molecule has 40 valence electrons. The van der Waals surface area contributed by atoms with E-state index >= 15 is 0 Å². The van der Waals surface area contributed by atoms with Crippen molar-refractivity contribution >= 4 is 0 Å². The molecular formula is H3N3NiO2. The molecule has 0 aliphatic rings. The average Bonchev–Trinajstić information content (AvgIpc) is 1.38. The second kappa shape index (κ2) is 4.65. The molecule has 0 saturated carbocycles. The molecule has 0 aromatic heterocycles. The van der Waals surface area contributed by atoms with Crippen molar-refractivity contribution in [2.45, 2.75) is 0 Å². The van der Waals surface area contributed by atoms with E-state index in [-0.39, 0.29) is 16.5 Å². The van der Waals surface area contributed by atoms with Crippen molar-refractivity contribution in [3.05, 3.63) is 10.1 Å². The summed E-state index contributed by atoms with van der Waals surface area (Å²) in [6.45, 7) is 0. The fourth-order valence-corrected chi connectivity index (χ4v) is 0. The Hall–Kier alpha value is -0.346. The van der Waals surface area contributed by atoms with Crippen molar-refractivity contribution in [2.24, 2.45) is 5.84 Å². The molecule has 0 radical (unpaired) electrons. The van der Waals surface area contributed by atoms with E-state index in [0.29, 0.717) is 0 Å². The minimum atomic E-state index is -0.847. The molecule has 0 atom stereocenters. The molecule has 0 saturated heterocycles. The first-order chi connectivity index (χ1) is 2.27. The average molecular weight is 136 g/mol. The molecule has 0 unspecified atom stereocenters. The molecule has 6 heteroatoms. The van der Waals surface area contributed by atoms with Crippen molar-refractivity contribution in [1.82, 2.24) is 5.53 Å². The van der Waals surface area contributed by atoms with Gasteiger partial charge in [-0.15, -0.1) is 0 Å². The molecule has 0 aromatic rings. The van der Waals surface area contributed by atoms with Gasteiger partial charge in [-0.05, 0) is 0 Å². The molecule has 0 aromatic carbocycles. The number of hydrogen-bond donors (Lipinski definition) is 2. The van der Waals surface area contributed by atoms with Crippen molar-refractivity contribution in [3.63, 3.8) is 0 Å². The Morgan fingerprint density at radius 1 is 1.83 bits per heavy atom. The Balaban J connectivity index is 0. The second-order valence-corrected chi connectivity index (χ2v) is 0.386. The van der Waals surface area contributed by atoms with Crippen LogP contribution in [0.25, 0.3) is 0 Å². The van der Waals surface area contributed by atoms with Crippen LogP contribution < -0.4 is 11.4 Å². The summed E-state index contributed by atoms with van der Waals surface area (Å²) in [5.74, 6) is 4.22. The van der Waals surface area contributed by atoms with Gasteiger partial charge in [0.05, 0.1) is 0 Å². The number of hydrogen-bond acceptors (Lipinski definition) is 3. The van der Waals surface area contributed by atoms with E-state index in [1.165, 1.54) is 5.53 Å². The van der Waals surface area contributed by atoms with Crippen LogP contribution in [-0.2, 0) is 16.5 Å². The van der Waals surface area contributed by atoms with E-state index in [1.807, 2.05) is 0 Å². The zero-order chi connectivity index (χ0) is 4.28. The van der Waals surface area contributed by atoms with E-state index < -0.39 is 5.03 Å². The molecule has 0 rings (SSSR count). The smallest absolute Gasteiger partial charge is 0.173 e. The molecule has 0 bridgehead atoms. The molecule has 0 amide bonds. The molecular weight excluding hydrogens is 133 g/mol. The minimum absolute atomic E-state index is 0. The topological polar surface area (TPSA) is 81.2 Å². The molecule has 3 N–H and O–H groups in total. The van der Waals surface area contributed by atoms with Gasteiger partial charge in [-0.1, -0.05) is 5.53 Å². The fourth-order valence-electron chi connectivity index (χ4n) is 0. The fraction of sp³-hybridized carbons (Fsp3) is 0. The number of nitrogens with zero attached hydrogens (tertiary/aromatic N) is 1. The third-order valence-corrected chi connectivity index (χ3v) is 0.105. The number of nitrogens with one attached hydrogen (secondary N) is 1. The van der Waals surface area contributed by atoms with Gasteiger partial charge in [0.25, 0.3) is 0 Å². The van der Waals surface area contributed by atoms with E-state index in [2.05, 4.69) is 5.84 Å². The van der Waals surface area contributed by atoms with Gasteiger partial charge in [-0.2, -0.15) is 5.84 Å². The van der Waals surface area contributed by atoms with Crippen molar-refractivity contribution < 1.29 is 21.5 Å². The summed E-state index contributed by atoms with van der Waals surface area (Å²) in [4.78, 5) is 8.94. The van der Waals surface area contributed by atoms with Crippen LogP contribution in [0.3, 0.4) is 0 Å². The van der Waals surface area contributed by atoms with Gasteiger partial charge in [0.2, 0.25) is 0 Å². The van der Waals surface area contributed by atoms with Crippen LogP contribution in [0.5, 0.6) is 0 Å². The monoisotopic (exact) mass is 135 g/mol. The first-order valence-electron chi connectivity index (χ1n) is 0.877. The molecule has 0 fully saturated rings. The number of rotatable bonds is 1.